The van der Waals surface area contributed by atoms with Crippen LogP contribution in [0.3, 0.4) is 0 Å². The van der Waals surface area contributed by atoms with Crippen molar-refractivity contribution in [3.05, 3.63) is 42.8 Å². The summed E-state index contributed by atoms with van der Waals surface area (Å²) in [4.78, 5) is 11.6. The van der Waals surface area contributed by atoms with Crippen molar-refractivity contribution in [1.82, 2.24) is 0 Å². The molecule has 2 aliphatic rings. The summed E-state index contributed by atoms with van der Waals surface area (Å²) in [5.74, 6) is 1.19. The van der Waals surface area contributed by atoms with Gasteiger partial charge < -0.3 is 0 Å². The van der Waals surface area contributed by atoms with Gasteiger partial charge in [-0.1, -0.05) is 51.1 Å². The highest BCUT2D eigenvalue weighted by atomic mass is 16.1. The van der Waals surface area contributed by atoms with E-state index in [-0.39, 0.29) is 10.8 Å². The zero-order valence-electron chi connectivity index (χ0n) is 11.7. The molecule has 1 radical (unpaired) electrons. The second-order valence-electron chi connectivity index (χ2n) is 6.40. The Morgan fingerprint density at radius 3 is 2.00 bits per heavy atom. The molecule has 0 amide bonds. The normalized spacial score (nSPS) is 32.0. The van der Waals surface area contributed by atoms with Gasteiger partial charge in [-0.25, -0.2) is 0 Å². The number of carbonyl (C=O) groups is 1. The van der Waals surface area contributed by atoms with E-state index in [4.69, 9.17) is 0 Å². The van der Waals surface area contributed by atoms with Gasteiger partial charge in [-0.3, -0.25) is 4.79 Å². The number of rotatable bonds is 0. The number of ketones is 1. The lowest BCUT2D eigenvalue weighted by atomic mass is 9.70. The molecule has 3 rings (SSSR count). The molecule has 0 N–H and O–H groups in total. The molecule has 18 heavy (non-hydrogen) atoms. The summed E-state index contributed by atoms with van der Waals surface area (Å²) in [5.41, 5.74) is 1.38. The van der Waals surface area contributed by atoms with Crippen LogP contribution in [0.25, 0.3) is 0 Å². The van der Waals surface area contributed by atoms with E-state index < -0.39 is 0 Å². The zero-order valence-corrected chi connectivity index (χ0v) is 11.7. The van der Waals surface area contributed by atoms with Gasteiger partial charge in [-0.15, -0.1) is 0 Å². The first-order valence-corrected chi connectivity index (χ1v) is 6.78. The van der Waals surface area contributed by atoms with E-state index in [0.717, 1.165) is 18.4 Å². The Balaban J connectivity index is 0.000000149. The minimum atomic E-state index is 0.0255. The number of carbonyl (C=O) groups excluding carboxylic acids is 1. The van der Waals surface area contributed by atoms with Gasteiger partial charge in [0.15, 0.2) is 0 Å². The minimum Gasteiger partial charge on any atom is -0.299 e. The van der Waals surface area contributed by atoms with Crippen LogP contribution < -0.4 is 0 Å². The van der Waals surface area contributed by atoms with Crippen molar-refractivity contribution < 1.29 is 4.79 Å². The molecule has 0 aromatic heterocycles. The van der Waals surface area contributed by atoms with Crippen LogP contribution in [0.15, 0.2) is 30.3 Å². The van der Waals surface area contributed by atoms with E-state index in [0.29, 0.717) is 11.7 Å². The maximum atomic E-state index is 11.6. The molecule has 2 saturated carbocycles. The topological polar surface area (TPSA) is 17.1 Å². The van der Waals surface area contributed by atoms with Crippen molar-refractivity contribution in [2.45, 2.75) is 40.0 Å². The molecule has 2 unspecified atom stereocenters. The van der Waals surface area contributed by atoms with Gasteiger partial charge in [-0.05, 0) is 36.7 Å². The molecule has 2 aliphatic carbocycles. The fraction of sp³-hybridized carbons (Fsp3) is 0.529. The first-order valence-electron chi connectivity index (χ1n) is 6.78. The highest BCUT2D eigenvalue weighted by Crippen LogP contribution is 2.63. The van der Waals surface area contributed by atoms with E-state index in [1.807, 2.05) is 30.3 Å². The van der Waals surface area contributed by atoms with Crippen molar-refractivity contribution in [3.8, 4) is 0 Å². The van der Waals surface area contributed by atoms with Crippen LogP contribution in [-0.4, -0.2) is 5.78 Å². The summed E-state index contributed by atoms with van der Waals surface area (Å²) >= 11 is 0. The van der Waals surface area contributed by atoms with E-state index in [1.54, 1.807) is 0 Å². The first kappa shape index (κ1) is 13.3. The van der Waals surface area contributed by atoms with Crippen LogP contribution in [0.2, 0.25) is 0 Å². The molecule has 1 nitrogen and oxygen atoms in total. The zero-order chi connectivity index (χ0) is 13.4. The Hall–Kier alpha value is -1.11. The lowest BCUT2D eigenvalue weighted by molar-refractivity contribution is -0.128. The van der Waals surface area contributed by atoms with Gasteiger partial charge in [0.2, 0.25) is 0 Å². The molecule has 0 aliphatic heterocycles. The second kappa shape index (κ2) is 4.53. The monoisotopic (exact) mass is 243 g/mol. The highest BCUT2D eigenvalue weighted by molar-refractivity contribution is 5.89. The molecule has 2 atom stereocenters. The number of hydrogen-bond donors (Lipinski definition) is 0. The molecule has 1 heteroatoms. The number of fused-ring (bicyclic) bond motifs is 2. The van der Waals surface area contributed by atoms with Gasteiger partial charge >= 0.3 is 0 Å². The highest BCUT2D eigenvalue weighted by Gasteiger charge is 2.61. The summed E-state index contributed by atoms with van der Waals surface area (Å²) in [6, 6.07) is 9.87. The predicted molar refractivity (Wildman–Crippen MR) is 75.1 cm³/mol. The predicted octanol–water partition coefficient (Wildman–Crippen LogP) is 4.27. The molecule has 2 fully saturated rings. The van der Waals surface area contributed by atoms with E-state index in [9.17, 15) is 4.79 Å². The molecule has 1 aromatic rings. The second-order valence-corrected chi connectivity index (χ2v) is 6.40. The Labute approximate surface area is 111 Å². The largest absolute Gasteiger partial charge is 0.299 e. The van der Waals surface area contributed by atoms with Gasteiger partial charge in [0.1, 0.15) is 5.78 Å². The number of benzene rings is 1. The summed E-state index contributed by atoms with van der Waals surface area (Å²) in [6.07, 6.45) is 3.25. The van der Waals surface area contributed by atoms with E-state index in [2.05, 4.69) is 27.7 Å². The van der Waals surface area contributed by atoms with Crippen molar-refractivity contribution >= 4 is 5.78 Å². The molecule has 0 saturated heterocycles. The minimum absolute atomic E-state index is 0.0255. The van der Waals surface area contributed by atoms with Crippen molar-refractivity contribution in [1.29, 1.82) is 0 Å². The molecule has 1 aromatic carbocycles. The lowest BCUT2D eigenvalue weighted by Crippen LogP contribution is -2.32. The van der Waals surface area contributed by atoms with Crippen LogP contribution in [0, 0.1) is 23.7 Å². The molecular weight excluding hydrogens is 220 g/mol. The van der Waals surface area contributed by atoms with Crippen molar-refractivity contribution in [2.75, 3.05) is 0 Å². The molecule has 0 spiro atoms. The Morgan fingerprint density at radius 2 is 1.78 bits per heavy atom. The average molecular weight is 243 g/mol. The standard InChI is InChI=1S/C10H16O.C7H7/c1-9(2)7-4-5-10(9,3)8(11)6-7;1-7-5-3-2-4-6-7/h7H,4-6H2,1-3H3;2-6H,1H2. The third-order valence-electron chi connectivity index (χ3n) is 5.33. The van der Waals surface area contributed by atoms with Crippen LogP contribution in [0.5, 0.6) is 0 Å². The quantitative estimate of drug-likeness (QED) is 0.665. The van der Waals surface area contributed by atoms with Gasteiger partial charge in [-0.2, -0.15) is 0 Å². The third-order valence-corrected chi connectivity index (χ3v) is 5.33. The molecule has 2 bridgehead atoms. The van der Waals surface area contributed by atoms with Gasteiger partial charge in [0.25, 0.3) is 0 Å². The Bertz CT molecular complexity index is 432. The first-order chi connectivity index (χ1) is 8.38. The molecule has 97 valence electrons. The fourth-order valence-corrected chi connectivity index (χ4v) is 3.38. The summed E-state index contributed by atoms with van der Waals surface area (Å²) in [6.45, 7) is 10.4. The third kappa shape index (κ3) is 2.00. The Kier molecular flexibility index (Phi) is 3.35. The van der Waals surface area contributed by atoms with Crippen LogP contribution >= 0.6 is 0 Å². The fourth-order valence-electron chi connectivity index (χ4n) is 3.38. The summed E-state index contributed by atoms with van der Waals surface area (Å²) in [5, 5.41) is 0. The maximum Gasteiger partial charge on any atom is 0.139 e. The van der Waals surface area contributed by atoms with Crippen LogP contribution in [0.1, 0.15) is 45.6 Å². The van der Waals surface area contributed by atoms with Crippen LogP contribution in [0.4, 0.5) is 0 Å². The lowest BCUT2D eigenvalue weighted by Gasteiger charge is -2.32. The van der Waals surface area contributed by atoms with E-state index in [1.165, 1.54) is 6.42 Å². The number of hydrogen-bond acceptors (Lipinski definition) is 1. The summed E-state index contributed by atoms with van der Waals surface area (Å²) in [7, 11) is 0. The van der Waals surface area contributed by atoms with Crippen LogP contribution in [-0.2, 0) is 4.79 Å². The maximum absolute atomic E-state index is 11.6. The van der Waals surface area contributed by atoms with Crippen molar-refractivity contribution in [3.63, 3.8) is 0 Å². The summed E-state index contributed by atoms with van der Waals surface area (Å²) < 4.78 is 0. The molecular formula is C17H23O. The Morgan fingerprint density at radius 1 is 1.17 bits per heavy atom. The van der Waals surface area contributed by atoms with Gasteiger partial charge in [0.05, 0.1) is 0 Å². The SMILES string of the molecule is CC12CCC(CC1=O)C2(C)C.[CH2]c1ccccc1. The smallest absolute Gasteiger partial charge is 0.139 e. The average Bonchev–Trinajstić information content (AvgIpc) is 2.64. The number of Topliss-reactive ketones (excluding diaryl/α,β-unsaturated/α-hetero) is 1. The van der Waals surface area contributed by atoms with Gasteiger partial charge in [0, 0.05) is 11.8 Å². The van der Waals surface area contributed by atoms with E-state index >= 15 is 0 Å². The van der Waals surface area contributed by atoms with Crippen molar-refractivity contribution in [2.24, 2.45) is 16.7 Å². The molecule has 0 heterocycles.